The number of hydrogen-bond acceptors (Lipinski definition) is 11. The van der Waals surface area contributed by atoms with E-state index in [-0.39, 0.29) is 38.1 Å². The van der Waals surface area contributed by atoms with Gasteiger partial charge in [0.05, 0.1) is 5.60 Å². The van der Waals surface area contributed by atoms with Crippen LogP contribution in [0.15, 0.2) is 60.7 Å². The molecular weight excluding hydrogens is 1010 g/mol. The van der Waals surface area contributed by atoms with Gasteiger partial charge in [-0.25, -0.2) is 4.79 Å². The number of benzene rings is 2. The molecule has 2 saturated heterocycles. The van der Waals surface area contributed by atoms with Gasteiger partial charge in [-0.05, 0) is 74.3 Å². The molecule has 79 heavy (non-hydrogen) atoms. The van der Waals surface area contributed by atoms with E-state index in [4.69, 9.17) is 4.74 Å². The van der Waals surface area contributed by atoms with E-state index in [9.17, 15) is 38.7 Å². The van der Waals surface area contributed by atoms with Gasteiger partial charge in [0.2, 0.25) is 41.4 Å². The normalized spacial score (nSPS) is 26.5. The Morgan fingerprint density at radius 1 is 0.582 bits per heavy atom. The van der Waals surface area contributed by atoms with Crippen LogP contribution >= 0.6 is 0 Å². The van der Waals surface area contributed by atoms with Crippen LogP contribution in [0, 0.1) is 29.6 Å². The third-order valence-electron chi connectivity index (χ3n) is 15.8. The molecule has 3 unspecified atom stereocenters. The van der Waals surface area contributed by atoms with Crippen molar-refractivity contribution in [3.8, 4) is 0 Å². The molecule has 2 fully saturated rings. The minimum atomic E-state index is -1.97. The highest BCUT2D eigenvalue weighted by atomic mass is 16.6. The Morgan fingerprint density at radius 2 is 1.06 bits per heavy atom. The largest absolute Gasteiger partial charge is 0.450 e. The van der Waals surface area contributed by atoms with Crippen molar-refractivity contribution in [2.75, 3.05) is 34.7 Å². The second-order valence-corrected chi connectivity index (χ2v) is 23.7. The van der Waals surface area contributed by atoms with E-state index in [1.165, 1.54) is 61.6 Å². The molecule has 4 N–H and O–H groups in total. The molecule has 2 aromatic carbocycles. The van der Waals surface area contributed by atoms with Gasteiger partial charge in [0, 0.05) is 53.5 Å². The number of cyclic esters (lactones) is 1. The summed E-state index contributed by atoms with van der Waals surface area (Å²) < 4.78 is 6.09. The maximum absolute atomic E-state index is 15.3. The van der Waals surface area contributed by atoms with E-state index < -0.39 is 137 Å². The van der Waals surface area contributed by atoms with Crippen LogP contribution in [0.5, 0.6) is 0 Å². The molecule has 0 aliphatic carbocycles. The van der Waals surface area contributed by atoms with Crippen molar-refractivity contribution < 1.29 is 53.0 Å². The van der Waals surface area contributed by atoms with Gasteiger partial charge in [0.25, 0.3) is 5.91 Å². The van der Waals surface area contributed by atoms with Gasteiger partial charge in [0.15, 0.2) is 12.1 Å². The van der Waals surface area contributed by atoms with Crippen LogP contribution in [-0.4, -0.2) is 178 Å². The fourth-order valence-corrected chi connectivity index (χ4v) is 11.0. The zero-order chi connectivity index (χ0) is 59.4. The Hall–Kier alpha value is -6.37. The molecular formula is C60H92N8O11. The molecule has 11 atom stereocenters. The summed E-state index contributed by atoms with van der Waals surface area (Å²) in [6.45, 7) is 20.6. The fourth-order valence-electron chi connectivity index (χ4n) is 11.0. The Balaban J connectivity index is 1.98. The number of carbonyl (C=O) groups is 9. The molecule has 8 amide bonds. The second kappa shape index (κ2) is 28.7. The first kappa shape index (κ1) is 65.2. The first-order chi connectivity index (χ1) is 37.0. The first-order valence-corrected chi connectivity index (χ1v) is 28.3. The zero-order valence-electron chi connectivity index (χ0n) is 49.8. The van der Waals surface area contributed by atoms with Crippen molar-refractivity contribution in [2.45, 2.75) is 188 Å². The lowest BCUT2D eigenvalue weighted by Crippen LogP contribution is -2.63. The number of hydrogen-bond donors (Lipinski definition) is 4. The highest BCUT2D eigenvalue weighted by molar-refractivity contribution is 5.99. The number of aliphatic hydroxyl groups is 1. The number of amides is 8. The van der Waals surface area contributed by atoms with Crippen LogP contribution < -0.4 is 16.0 Å². The summed E-state index contributed by atoms with van der Waals surface area (Å²) in [5, 5.41) is 20.5. The predicted octanol–water partition coefficient (Wildman–Crippen LogP) is 4.37. The molecule has 0 radical (unpaired) electrons. The topological polar surface area (TPSA) is 235 Å². The van der Waals surface area contributed by atoms with Gasteiger partial charge < -0.3 is 50.3 Å². The first-order valence-electron chi connectivity index (χ1n) is 28.3. The molecule has 4 rings (SSSR count). The summed E-state index contributed by atoms with van der Waals surface area (Å²) >= 11 is 0. The number of carbonyl (C=O) groups excluding carboxylic acids is 9. The monoisotopic (exact) mass is 1100 g/mol. The van der Waals surface area contributed by atoms with Crippen LogP contribution in [0.4, 0.5) is 0 Å². The lowest BCUT2D eigenvalue weighted by atomic mass is 9.93. The molecule has 2 aliphatic heterocycles. The number of rotatable bonds is 13. The quantitative estimate of drug-likeness (QED) is 0.206. The number of nitrogens with one attached hydrogen (secondary N) is 3. The van der Waals surface area contributed by atoms with Gasteiger partial charge in [0.1, 0.15) is 42.3 Å². The van der Waals surface area contributed by atoms with Crippen LogP contribution in [-0.2, 0) is 60.7 Å². The average Bonchev–Trinajstić information content (AvgIpc) is 3.89. The summed E-state index contributed by atoms with van der Waals surface area (Å²) in [5.74, 6) is -8.65. The molecule has 0 spiro atoms. The molecule has 2 aliphatic rings. The van der Waals surface area contributed by atoms with Crippen molar-refractivity contribution in [3.63, 3.8) is 0 Å². The highest BCUT2D eigenvalue weighted by Gasteiger charge is 2.48. The molecule has 0 bridgehead atoms. The van der Waals surface area contributed by atoms with E-state index in [0.29, 0.717) is 24.8 Å². The number of ether oxygens (including phenoxy) is 1. The van der Waals surface area contributed by atoms with Crippen molar-refractivity contribution in [1.82, 2.24) is 40.4 Å². The van der Waals surface area contributed by atoms with E-state index in [0.717, 1.165) is 10.5 Å². The van der Waals surface area contributed by atoms with Crippen molar-refractivity contribution in [1.29, 1.82) is 0 Å². The van der Waals surface area contributed by atoms with Crippen molar-refractivity contribution >= 4 is 53.2 Å². The molecule has 2 heterocycles. The Kier molecular flexibility index (Phi) is 23.6. The minimum absolute atomic E-state index is 0.00676. The van der Waals surface area contributed by atoms with E-state index in [2.05, 4.69) is 16.0 Å². The molecule has 2 aromatic rings. The third-order valence-corrected chi connectivity index (χ3v) is 15.8. The van der Waals surface area contributed by atoms with Gasteiger partial charge in [-0.15, -0.1) is 0 Å². The number of likely N-dealkylation sites (N-methyl/N-ethyl adjacent to an activating group) is 4. The third kappa shape index (κ3) is 16.4. The highest BCUT2D eigenvalue weighted by Crippen LogP contribution is 2.27. The lowest BCUT2D eigenvalue weighted by Gasteiger charge is -2.39. The second-order valence-electron chi connectivity index (χ2n) is 23.7. The van der Waals surface area contributed by atoms with Crippen LogP contribution in [0.3, 0.4) is 0 Å². The van der Waals surface area contributed by atoms with E-state index in [1.54, 1.807) is 72.7 Å². The zero-order valence-corrected chi connectivity index (χ0v) is 49.8. The van der Waals surface area contributed by atoms with Crippen LogP contribution in [0.25, 0.3) is 0 Å². The van der Waals surface area contributed by atoms with Crippen molar-refractivity contribution in [2.24, 2.45) is 29.6 Å². The average molecular weight is 1100 g/mol. The van der Waals surface area contributed by atoms with Crippen LogP contribution in [0.1, 0.15) is 126 Å². The van der Waals surface area contributed by atoms with Gasteiger partial charge in [-0.2, -0.15) is 0 Å². The predicted molar refractivity (Wildman–Crippen MR) is 301 cm³/mol. The van der Waals surface area contributed by atoms with E-state index >= 15 is 9.59 Å². The SMILES string of the molecule is CCC(C)[C@@H]1NC(=O)C2CCCN2C(=O)[C@H](Cc2ccccc2)N(C)C(=O)[C@H](Cc2ccccc2)NC(=O)[C@H](C(C)C)N(C)C(=O)[C@H](C(C)CC)OC(=O)[C@H](C(C)(C)O)N(C)C(=O)[C@H](CC(C)C)NC(=O)[C@H](C(C)C)N(C)C1=O. The Bertz CT molecular complexity index is 2430. The van der Waals surface area contributed by atoms with E-state index in [1.807, 2.05) is 57.2 Å². The maximum Gasteiger partial charge on any atom is 0.332 e. The summed E-state index contributed by atoms with van der Waals surface area (Å²) in [6.07, 6.45) is 0.101. The number of nitrogens with zero attached hydrogens (tertiary/aromatic N) is 5. The summed E-state index contributed by atoms with van der Waals surface area (Å²) in [7, 11) is 5.67. The molecule has 0 saturated carbocycles. The molecule has 19 nitrogen and oxygen atoms in total. The Labute approximate surface area is 469 Å². The Morgan fingerprint density at radius 3 is 1.54 bits per heavy atom. The standard InChI is InChI=1S/C60H92N8O11/c1-17-38(9)46-57(75)65(14)47(36(5)6)52(70)61-42(32-35(3)4)55(73)67(16)50(60(11,12)78)59(77)79-49(39(10)18-2)58(76)66(15)48(37(7)8)53(71)62-43(33-40-26-21-19-22-27-40)54(72)64(13)45(34-41-28-23-20-24-29-41)56(74)68-31-25-30-44(68)51(69)63-46/h19-24,26-29,35-39,42-50,78H,17-18,25,30-34H2,1-16H3,(H,61,70)(H,62,71)(H,63,69)/t38?,39?,42-,43-,44?,45-,46-,47-,48-,49-,50+/m0/s1. The molecule has 438 valence electrons. The summed E-state index contributed by atoms with van der Waals surface area (Å²) in [4.78, 5) is 140. The summed E-state index contributed by atoms with van der Waals surface area (Å²) in [5.41, 5.74) is -0.551. The molecule has 19 heteroatoms. The van der Waals surface area contributed by atoms with Crippen LogP contribution in [0.2, 0.25) is 0 Å². The van der Waals surface area contributed by atoms with Gasteiger partial charge >= 0.3 is 5.97 Å². The van der Waals surface area contributed by atoms with Gasteiger partial charge in [-0.1, -0.05) is 136 Å². The lowest BCUT2D eigenvalue weighted by molar-refractivity contribution is -0.177. The summed E-state index contributed by atoms with van der Waals surface area (Å²) in [6, 6.07) is 8.11. The van der Waals surface area contributed by atoms with Crippen molar-refractivity contribution in [3.05, 3.63) is 71.8 Å². The number of fused-ring (bicyclic) bond motifs is 1. The van der Waals surface area contributed by atoms with Gasteiger partial charge in [-0.3, -0.25) is 38.4 Å². The number of esters is 1. The smallest absolute Gasteiger partial charge is 0.332 e. The fraction of sp³-hybridized carbons (Fsp3) is 0.650. The molecule has 0 aromatic heterocycles. The minimum Gasteiger partial charge on any atom is -0.450 e. The maximum atomic E-state index is 15.3.